The minimum absolute atomic E-state index is 0.918. The molecule has 0 bridgehead atoms. The molecule has 0 atom stereocenters. The maximum atomic E-state index is 5.31. The van der Waals surface area contributed by atoms with Gasteiger partial charge in [0.2, 0.25) is 0 Å². The molecule has 24 heavy (non-hydrogen) atoms. The third-order valence-electron chi connectivity index (χ3n) is 4.57. The molecular weight excluding hydrogens is 300 g/mol. The minimum atomic E-state index is 0.918. The Bertz CT molecular complexity index is 634. The van der Waals surface area contributed by atoms with Crippen LogP contribution in [-0.2, 0) is 13.1 Å². The van der Waals surface area contributed by atoms with Crippen LogP contribution < -0.4 is 9.47 Å². The van der Waals surface area contributed by atoms with E-state index in [2.05, 4.69) is 40.1 Å². The predicted octanol–water partition coefficient (Wildman–Crippen LogP) is 3.02. The molecule has 0 unspecified atom stereocenters. The number of ether oxygens (including phenoxy) is 2. The lowest BCUT2D eigenvalue weighted by molar-refractivity contribution is 0.122. The second-order valence-electron chi connectivity index (χ2n) is 6.25. The Balaban J connectivity index is 1.48. The van der Waals surface area contributed by atoms with E-state index in [9.17, 15) is 0 Å². The van der Waals surface area contributed by atoms with Gasteiger partial charge in [-0.25, -0.2) is 0 Å². The fourth-order valence-corrected chi connectivity index (χ4v) is 3.12. The van der Waals surface area contributed by atoms with Crippen LogP contribution in [0, 0.1) is 0 Å². The zero-order chi connectivity index (χ0) is 16.8. The zero-order valence-electron chi connectivity index (χ0n) is 14.6. The molecule has 0 aliphatic carbocycles. The van der Waals surface area contributed by atoms with Crippen molar-refractivity contribution < 1.29 is 9.47 Å². The summed E-state index contributed by atoms with van der Waals surface area (Å²) < 4.78 is 10.5. The molecule has 0 saturated carbocycles. The zero-order valence-corrected chi connectivity index (χ0v) is 14.6. The Morgan fingerprint density at radius 1 is 0.708 bits per heavy atom. The molecule has 0 N–H and O–H groups in total. The van der Waals surface area contributed by atoms with Crippen molar-refractivity contribution in [2.45, 2.75) is 13.1 Å². The van der Waals surface area contributed by atoms with Crippen LogP contribution in [0.3, 0.4) is 0 Å². The molecule has 1 aliphatic heterocycles. The quantitative estimate of drug-likeness (QED) is 0.815. The van der Waals surface area contributed by atoms with Crippen molar-refractivity contribution in [2.75, 3.05) is 40.4 Å². The summed E-state index contributed by atoms with van der Waals surface area (Å²) in [4.78, 5) is 5.03. The molecule has 3 rings (SSSR count). The summed E-state index contributed by atoms with van der Waals surface area (Å²) in [5, 5.41) is 0. The Kier molecular flexibility index (Phi) is 5.72. The van der Waals surface area contributed by atoms with E-state index in [-0.39, 0.29) is 0 Å². The van der Waals surface area contributed by atoms with Crippen LogP contribution in [0.1, 0.15) is 11.1 Å². The highest BCUT2D eigenvalue weighted by Gasteiger charge is 2.17. The van der Waals surface area contributed by atoms with Crippen LogP contribution in [0.25, 0.3) is 0 Å². The lowest BCUT2D eigenvalue weighted by atomic mass is 10.1. The van der Waals surface area contributed by atoms with Gasteiger partial charge in [0.05, 0.1) is 14.2 Å². The van der Waals surface area contributed by atoms with Crippen LogP contribution in [0.15, 0.2) is 48.5 Å². The number of methoxy groups -OCH3 is 2. The van der Waals surface area contributed by atoms with Crippen molar-refractivity contribution in [3.8, 4) is 11.5 Å². The highest BCUT2D eigenvalue weighted by atomic mass is 16.5. The summed E-state index contributed by atoms with van der Waals surface area (Å²) in [5.41, 5.74) is 2.66. The fraction of sp³-hybridized carbons (Fsp3) is 0.400. The Hall–Kier alpha value is -2.04. The van der Waals surface area contributed by atoms with Gasteiger partial charge in [-0.3, -0.25) is 9.80 Å². The smallest absolute Gasteiger partial charge is 0.119 e. The molecule has 128 valence electrons. The van der Waals surface area contributed by atoms with E-state index < -0.39 is 0 Å². The van der Waals surface area contributed by atoms with Crippen LogP contribution in [0.2, 0.25) is 0 Å². The Labute approximate surface area is 144 Å². The fourth-order valence-electron chi connectivity index (χ4n) is 3.12. The van der Waals surface area contributed by atoms with Gasteiger partial charge < -0.3 is 9.47 Å². The Morgan fingerprint density at radius 3 is 1.88 bits per heavy atom. The van der Waals surface area contributed by atoms with E-state index in [0.29, 0.717) is 0 Å². The molecule has 1 heterocycles. The standard InChI is InChI=1S/C20H26N2O2/c1-23-19-8-6-17(7-9-19)15-21-10-12-22(13-11-21)16-18-4-3-5-20(14-18)24-2/h3-9,14H,10-13,15-16H2,1-2H3. The molecule has 1 saturated heterocycles. The summed E-state index contributed by atoms with van der Waals surface area (Å²) in [6, 6.07) is 16.7. The molecule has 2 aromatic carbocycles. The van der Waals surface area contributed by atoms with Gasteiger partial charge in [-0.2, -0.15) is 0 Å². The highest BCUT2D eigenvalue weighted by molar-refractivity contribution is 5.28. The van der Waals surface area contributed by atoms with Gasteiger partial charge in [0.15, 0.2) is 0 Å². The maximum absolute atomic E-state index is 5.31. The molecule has 1 aliphatic rings. The lowest BCUT2D eigenvalue weighted by Crippen LogP contribution is -2.45. The molecular formula is C20H26N2O2. The van der Waals surface area contributed by atoms with Gasteiger partial charge in [0.25, 0.3) is 0 Å². The van der Waals surface area contributed by atoms with E-state index in [4.69, 9.17) is 9.47 Å². The number of hydrogen-bond donors (Lipinski definition) is 0. The third-order valence-corrected chi connectivity index (χ3v) is 4.57. The minimum Gasteiger partial charge on any atom is -0.497 e. The monoisotopic (exact) mass is 326 g/mol. The van der Waals surface area contributed by atoms with E-state index in [1.165, 1.54) is 11.1 Å². The van der Waals surface area contributed by atoms with Crippen LogP contribution >= 0.6 is 0 Å². The SMILES string of the molecule is COc1ccc(CN2CCN(Cc3cccc(OC)c3)CC2)cc1. The first-order valence-corrected chi connectivity index (χ1v) is 8.47. The largest absolute Gasteiger partial charge is 0.497 e. The molecule has 2 aromatic rings. The second kappa shape index (κ2) is 8.18. The number of rotatable bonds is 6. The maximum Gasteiger partial charge on any atom is 0.119 e. The van der Waals surface area contributed by atoms with Crippen molar-refractivity contribution >= 4 is 0 Å². The number of hydrogen-bond acceptors (Lipinski definition) is 4. The van der Waals surface area contributed by atoms with Crippen molar-refractivity contribution in [2.24, 2.45) is 0 Å². The second-order valence-corrected chi connectivity index (χ2v) is 6.25. The van der Waals surface area contributed by atoms with E-state index >= 15 is 0 Å². The number of piperazine rings is 1. The Morgan fingerprint density at radius 2 is 1.29 bits per heavy atom. The molecule has 0 aromatic heterocycles. The van der Waals surface area contributed by atoms with Crippen LogP contribution in [0.4, 0.5) is 0 Å². The first-order valence-electron chi connectivity index (χ1n) is 8.47. The van der Waals surface area contributed by atoms with Crippen molar-refractivity contribution in [1.82, 2.24) is 9.80 Å². The first kappa shape index (κ1) is 16.8. The summed E-state index contributed by atoms with van der Waals surface area (Å²) in [7, 11) is 3.42. The molecule has 1 fully saturated rings. The normalized spacial score (nSPS) is 16.1. The van der Waals surface area contributed by atoms with Gasteiger partial charge in [0, 0.05) is 39.3 Å². The van der Waals surface area contributed by atoms with Gasteiger partial charge in [-0.05, 0) is 35.4 Å². The van der Waals surface area contributed by atoms with Gasteiger partial charge in [0.1, 0.15) is 11.5 Å². The average molecular weight is 326 g/mol. The average Bonchev–Trinajstić information content (AvgIpc) is 2.64. The van der Waals surface area contributed by atoms with Crippen molar-refractivity contribution in [1.29, 1.82) is 0 Å². The summed E-state index contributed by atoms with van der Waals surface area (Å²) in [6.07, 6.45) is 0. The topological polar surface area (TPSA) is 24.9 Å². The highest BCUT2D eigenvalue weighted by Crippen LogP contribution is 2.17. The van der Waals surface area contributed by atoms with Gasteiger partial charge >= 0.3 is 0 Å². The predicted molar refractivity (Wildman–Crippen MR) is 96.5 cm³/mol. The third kappa shape index (κ3) is 4.49. The summed E-state index contributed by atoms with van der Waals surface area (Å²) in [6.45, 7) is 6.43. The van der Waals surface area contributed by atoms with E-state index in [0.717, 1.165) is 50.8 Å². The molecule has 4 nitrogen and oxygen atoms in total. The van der Waals surface area contributed by atoms with Crippen molar-refractivity contribution in [3.05, 3.63) is 59.7 Å². The summed E-state index contributed by atoms with van der Waals surface area (Å²) in [5.74, 6) is 1.85. The number of benzene rings is 2. The van der Waals surface area contributed by atoms with Gasteiger partial charge in [-0.15, -0.1) is 0 Å². The first-order chi connectivity index (χ1) is 11.8. The molecule has 4 heteroatoms. The van der Waals surface area contributed by atoms with E-state index in [1.54, 1.807) is 14.2 Å². The van der Waals surface area contributed by atoms with Crippen LogP contribution in [0.5, 0.6) is 11.5 Å². The molecule has 0 spiro atoms. The summed E-state index contributed by atoms with van der Waals surface area (Å²) >= 11 is 0. The van der Waals surface area contributed by atoms with Gasteiger partial charge in [-0.1, -0.05) is 24.3 Å². The molecule has 0 radical (unpaired) electrons. The molecule has 0 amide bonds. The van der Waals surface area contributed by atoms with Crippen molar-refractivity contribution in [3.63, 3.8) is 0 Å². The van der Waals surface area contributed by atoms with Crippen LogP contribution in [-0.4, -0.2) is 50.2 Å². The lowest BCUT2D eigenvalue weighted by Gasteiger charge is -2.34. The number of nitrogens with zero attached hydrogens (tertiary/aromatic N) is 2. The van der Waals surface area contributed by atoms with E-state index in [1.807, 2.05) is 18.2 Å².